The Hall–Kier alpha value is -2.73. The smallest absolute Gasteiger partial charge is 0.138 e. The second-order valence-electron chi connectivity index (χ2n) is 6.76. The van der Waals surface area contributed by atoms with Gasteiger partial charge in [0.2, 0.25) is 0 Å². The Bertz CT molecular complexity index is 893. The molecule has 5 nitrogen and oxygen atoms in total. The van der Waals surface area contributed by atoms with Crippen LogP contribution in [0.15, 0.2) is 54.9 Å². The van der Waals surface area contributed by atoms with Crippen LogP contribution >= 0.6 is 0 Å². The zero-order valence-electron chi connectivity index (χ0n) is 15.4. The second-order valence-corrected chi connectivity index (χ2v) is 6.76. The van der Waals surface area contributed by atoms with Gasteiger partial charge in [0.05, 0.1) is 11.7 Å². The number of nitrogens with zero attached hydrogens (tertiary/aromatic N) is 4. The van der Waals surface area contributed by atoms with Crippen molar-refractivity contribution in [2.24, 2.45) is 0 Å². The Morgan fingerprint density at radius 3 is 2.81 bits per heavy atom. The summed E-state index contributed by atoms with van der Waals surface area (Å²) in [7, 11) is 0. The standard InChI is InChI=1S/C21H23FN4O/c1-16-23-11-13-26(16)21-6-2-4-19(24-21)20-5-3-12-25(20)14-15-27-18-9-7-17(22)8-10-18/h2,4,6-11,13,20H,3,5,12,14-15H2,1H3. The number of ether oxygens (including phenoxy) is 1. The predicted octanol–water partition coefficient (Wildman–Crippen LogP) is 3.93. The van der Waals surface area contributed by atoms with E-state index in [9.17, 15) is 4.39 Å². The Labute approximate surface area is 158 Å². The van der Waals surface area contributed by atoms with Crippen LogP contribution in [0.1, 0.15) is 30.4 Å². The highest BCUT2D eigenvalue weighted by Gasteiger charge is 2.27. The van der Waals surface area contributed by atoms with E-state index in [2.05, 4.69) is 22.0 Å². The molecule has 0 radical (unpaired) electrons. The van der Waals surface area contributed by atoms with Crippen molar-refractivity contribution in [1.82, 2.24) is 19.4 Å². The van der Waals surface area contributed by atoms with Gasteiger partial charge in [-0.25, -0.2) is 14.4 Å². The van der Waals surface area contributed by atoms with Crippen molar-refractivity contribution in [3.8, 4) is 11.6 Å². The SMILES string of the molecule is Cc1nccn1-c1cccc(C2CCCN2CCOc2ccc(F)cc2)n1. The number of hydrogen-bond acceptors (Lipinski definition) is 4. The van der Waals surface area contributed by atoms with Gasteiger partial charge in [-0.1, -0.05) is 6.07 Å². The highest BCUT2D eigenvalue weighted by Crippen LogP contribution is 2.31. The molecule has 1 aliphatic heterocycles. The van der Waals surface area contributed by atoms with Crippen LogP contribution in [0.4, 0.5) is 4.39 Å². The van der Waals surface area contributed by atoms with Crippen molar-refractivity contribution in [3.05, 3.63) is 72.2 Å². The number of aromatic nitrogens is 3. The van der Waals surface area contributed by atoms with Gasteiger partial charge in [0.25, 0.3) is 0 Å². The average Bonchev–Trinajstić information content (AvgIpc) is 3.32. The molecule has 140 valence electrons. The minimum Gasteiger partial charge on any atom is -0.492 e. The molecule has 0 amide bonds. The minimum atomic E-state index is -0.249. The van der Waals surface area contributed by atoms with Crippen molar-refractivity contribution in [3.63, 3.8) is 0 Å². The average molecular weight is 366 g/mol. The highest BCUT2D eigenvalue weighted by atomic mass is 19.1. The number of imidazole rings is 1. The summed E-state index contributed by atoms with van der Waals surface area (Å²) >= 11 is 0. The van der Waals surface area contributed by atoms with Crippen LogP contribution in [0.5, 0.6) is 5.75 Å². The molecular weight excluding hydrogens is 343 g/mol. The molecule has 0 aliphatic carbocycles. The first-order valence-corrected chi connectivity index (χ1v) is 9.30. The summed E-state index contributed by atoms with van der Waals surface area (Å²) in [6.07, 6.45) is 5.97. The van der Waals surface area contributed by atoms with E-state index in [1.807, 2.05) is 23.8 Å². The third-order valence-electron chi connectivity index (χ3n) is 4.99. The van der Waals surface area contributed by atoms with Crippen molar-refractivity contribution in [1.29, 1.82) is 0 Å². The van der Waals surface area contributed by atoms with Gasteiger partial charge < -0.3 is 4.74 Å². The van der Waals surface area contributed by atoms with E-state index in [-0.39, 0.29) is 5.82 Å². The zero-order chi connectivity index (χ0) is 18.6. The largest absolute Gasteiger partial charge is 0.492 e. The fourth-order valence-electron chi connectivity index (χ4n) is 3.62. The molecule has 0 N–H and O–H groups in total. The lowest BCUT2D eigenvalue weighted by molar-refractivity contribution is 0.195. The van der Waals surface area contributed by atoms with Crippen molar-refractivity contribution >= 4 is 0 Å². The maximum atomic E-state index is 13.0. The van der Waals surface area contributed by atoms with E-state index < -0.39 is 0 Å². The summed E-state index contributed by atoms with van der Waals surface area (Å²) in [4.78, 5) is 11.6. The van der Waals surface area contributed by atoms with E-state index in [1.54, 1.807) is 18.3 Å². The van der Waals surface area contributed by atoms with E-state index in [4.69, 9.17) is 9.72 Å². The fraction of sp³-hybridized carbons (Fsp3) is 0.333. The first-order valence-electron chi connectivity index (χ1n) is 9.30. The molecule has 1 fully saturated rings. The molecule has 1 saturated heterocycles. The van der Waals surface area contributed by atoms with Crippen molar-refractivity contribution in [2.75, 3.05) is 19.7 Å². The number of halogens is 1. The summed E-state index contributed by atoms with van der Waals surface area (Å²) in [5.74, 6) is 2.27. The third-order valence-corrected chi connectivity index (χ3v) is 4.99. The molecule has 27 heavy (non-hydrogen) atoms. The quantitative estimate of drug-likeness (QED) is 0.663. The molecule has 3 aromatic rings. The molecule has 3 heterocycles. The van der Waals surface area contributed by atoms with Crippen LogP contribution in [-0.2, 0) is 0 Å². The molecule has 0 saturated carbocycles. The summed E-state index contributed by atoms with van der Waals surface area (Å²) in [6, 6.07) is 12.6. The Kier molecular flexibility index (Phi) is 5.16. The summed E-state index contributed by atoms with van der Waals surface area (Å²) in [5.41, 5.74) is 1.08. The highest BCUT2D eigenvalue weighted by molar-refractivity contribution is 5.28. The molecule has 1 atom stereocenters. The number of hydrogen-bond donors (Lipinski definition) is 0. The normalized spacial score (nSPS) is 17.3. The Morgan fingerprint density at radius 1 is 1.19 bits per heavy atom. The lowest BCUT2D eigenvalue weighted by atomic mass is 10.1. The third kappa shape index (κ3) is 4.01. The van der Waals surface area contributed by atoms with Crippen LogP contribution in [0.2, 0.25) is 0 Å². The van der Waals surface area contributed by atoms with Crippen LogP contribution < -0.4 is 4.74 Å². The molecule has 1 aliphatic rings. The Balaban J connectivity index is 1.42. The fourth-order valence-corrected chi connectivity index (χ4v) is 3.62. The number of likely N-dealkylation sites (tertiary alicyclic amines) is 1. The predicted molar refractivity (Wildman–Crippen MR) is 102 cm³/mol. The summed E-state index contributed by atoms with van der Waals surface area (Å²) in [5, 5.41) is 0. The first kappa shape index (κ1) is 17.7. The molecule has 1 unspecified atom stereocenters. The number of benzene rings is 1. The number of pyridine rings is 1. The van der Waals surface area contributed by atoms with Gasteiger partial charge >= 0.3 is 0 Å². The molecule has 6 heteroatoms. The Morgan fingerprint density at radius 2 is 2.04 bits per heavy atom. The van der Waals surface area contributed by atoms with Crippen LogP contribution in [0.3, 0.4) is 0 Å². The van der Waals surface area contributed by atoms with Gasteiger partial charge in [0.1, 0.15) is 29.8 Å². The van der Waals surface area contributed by atoms with Gasteiger partial charge in [0.15, 0.2) is 0 Å². The van der Waals surface area contributed by atoms with E-state index in [0.29, 0.717) is 18.4 Å². The van der Waals surface area contributed by atoms with E-state index in [1.165, 1.54) is 12.1 Å². The minimum absolute atomic E-state index is 0.249. The van der Waals surface area contributed by atoms with Gasteiger partial charge in [-0.3, -0.25) is 9.47 Å². The number of aryl methyl sites for hydroxylation is 1. The molecule has 1 aromatic carbocycles. The van der Waals surface area contributed by atoms with E-state index in [0.717, 1.165) is 43.3 Å². The first-order chi connectivity index (χ1) is 13.2. The van der Waals surface area contributed by atoms with Crippen molar-refractivity contribution < 1.29 is 9.13 Å². The second kappa shape index (κ2) is 7.88. The maximum absolute atomic E-state index is 13.0. The molecule has 2 aromatic heterocycles. The molecular formula is C21H23FN4O. The lowest BCUT2D eigenvalue weighted by Gasteiger charge is -2.24. The zero-order valence-corrected chi connectivity index (χ0v) is 15.4. The van der Waals surface area contributed by atoms with Crippen LogP contribution in [-0.4, -0.2) is 39.1 Å². The molecule has 0 spiro atoms. The van der Waals surface area contributed by atoms with Gasteiger partial charge in [-0.2, -0.15) is 0 Å². The maximum Gasteiger partial charge on any atom is 0.138 e. The van der Waals surface area contributed by atoms with Gasteiger partial charge in [-0.05, 0) is 62.7 Å². The molecule has 4 rings (SSSR count). The number of rotatable bonds is 6. The molecule has 0 bridgehead atoms. The van der Waals surface area contributed by atoms with Gasteiger partial charge in [0, 0.05) is 18.9 Å². The summed E-state index contributed by atoms with van der Waals surface area (Å²) < 4.78 is 20.7. The monoisotopic (exact) mass is 366 g/mol. The summed E-state index contributed by atoms with van der Waals surface area (Å²) in [6.45, 7) is 4.40. The van der Waals surface area contributed by atoms with Crippen molar-refractivity contribution in [2.45, 2.75) is 25.8 Å². The van der Waals surface area contributed by atoms with Crippen LogP contribution in [0.25, 0.3) is 5.82 Å². The lowest BCUT2D eigenvalue weighted by Crippen LogP contribution is -2.28. The topological polar surface area (TPSA) is 43.2 Å². The van der Waals surface area contributed by atoms with E-state index >= 15 is 0 Å². The van der Waals surface area contributed by atoms with Crippen LogP contribution in [0, 0.1) is 12.7 Å². The van der Waals surface area contributed by atoms with Gasteiger partial charge in [-0.15, -0.1) is 0 Å².